The summed E-state index contributed by atoms with van der Waals surface area (Å²) in [6.07, 6.45) is 0.00722. The van der Waals surface area contributed by atoms with E-state index in [9.17, 15) is 14.7 Å². The summed E-state index contributed by atoms with van der Waals surface area (Å²) >= 11 is 0. The molecule has 1 saturated heterocycles. The van der Waals surface area contributed by atoms with Crippen LogP contribution in [0.5, 0.6) is 0 Å². The maximum atomic E-state index is 11.8. The Kier molecular flexibility index (Phi) is 5.17. The van der Waals surface area contributed by atoms with Gasteiger partial charge in [-0.05, 0) is 46.0 Å². The molecule has 0 aliphatic carbocycles. The van der Waals surface area contributed by atoms with Crippen molar-refractivity contribution in [1.29, 1.82) is 0 Å². The summed E-state index contributed by atoms with van der Waals surface area (Å²) < 4.78 is 5.28. The molecule has 6 heteroatoms. The first-order chi connectivity index (χ1) is 8.69. The van der Waals surface area contributed by atoms with Gasteiger partial charge in [0.2, 0.25) is 0 Å². The number of rotatable bonds is 3. The van der Waals surface area contributed by atoms with Crippen LogP contribution in [0.15, 0.2) is 0 Å². The summed E-state index contributed by atoms with van der Waals surface area (Å²) in [7, 11) is 0. The van der Waals surface area contributed by atoms with Crippen molar-refractivity contribution in [1.82, 2.24) is 4.90 Å². The number of hydrogen-bond acceptors (Lipinski definition) is 4. The lowest BCUT2D eigenvalue weighted by atomic mass is 9.91. The summed E-state index contributed by atoms with van der Waals surface area (Å²) in [6.45, 7) is 6.56. The van der Waals surface area contributed by atoms with E-state index in [0.29, 0.717) is 25.9 Å². The third-order valence-electron chi connectivity index (χ3n) is 3.11. The van der Waals surface area contributed by atoms with Gasteiger partial charge in [0.15, 0.2) is 6.10 Å². The van der Waals surface area contributed by atoms with Crippen molar-refractivity contribution in [3.05, 3.63) is 0 Å². The standard InChI is InChI=1S/C13H23NO5/c1-13(2,3)19-12(18)14-6-4-9(5-7-14)8-10(15)11(16)17/h9-10,15H,4-8H2,1-3H3,(H,16,17). The van der Waals surface area contributed by atoms with E-state index in [2.05, 4.69) is 0 Å². The number of piperidine rings is 1. The summed E-state index contributed by atoms with van der Waals surface area (Å²) in [5, 5.41) is 17.9. The van der Waals surface area contributed by atoms with Gasteiger partial charge >= 0.3 is 12.1 Å². The summed E-state index contributed by atoms with van der Waals surface area (Å²) in [5.41, 5.74) is -0.507. The maximum Gasteiger partial charge on any atom is 0.410 e. The van der Waals surface area contributed by atoms with E-state index in [1.54, 1.807) is 4.90 Å². The minimum atomic E-state index is -1.31. The Morgan fingerprint density at radius 1 is 1.32 bits per heavy atom. The average Bonchev–Trinajstić information content (AvgIpc) is 2.27. The van der Waals surface area contributed by atoms with Crippen molar-refractivity contribution in [3.63, 3.8) is 0 Å². The van der Waals surface area contributed by atoms with Crippen molar-refractivity contribution in [2.45, 2.75) is 51.7 Å². The third kappa shape index (κ3) is 5.46. The molecule has 0 radical (unpaired) electrons. The van der Waals surface area contributed by atoms with Gasteiger partial charge in [-0.15, -0.1) is 0 Å². The number of carbonyl (C=O) groups excluding carboxylic acids is 1. The molecule has 0 aromatic rings. The number of ether oxygens (including phenoxy) is 1. The Balaban J connectivity index is 2.36. The van der Waals surface area contributed by atoms with Gasteiger partial charge in [-0.3, -0.25) is 0 Å². The molecule has 1 amide bonds. The molecule has 0 spiro atoms. The van der Waals surface area contributed by atoms with Crippen LogP contribution in [0.4, 0.5) is 4.79 Å². The van der Waals surface area contributed by atoms with E-state index in [1.807, 2.05) is 20.8 Å². The number of aliphatic carboxylic acids is 1. The number of amides is 1. The third-order valence-corrected chi connectivity index (χ3v) is 3.11. The van der Waals surface area contributed by atoms with Crippen LogP contribution in [-0.2, 0) is 9.53 Å². The molecule has 1 aliphatic rings. The second-order valence-electron chi connectivity index (χ2n) is 6.00. The number of aliphatic hydroxyl groups is 1. The molecule has 0 saturated carbocycles. The molecule has 1 atom stereocenters. The molecule has 2 N–H and O–H groups in total. The number of aliphatic hydroxyl groups excluding tert-OH is 1. The van der Waals surface area contributed by atoms with Gasteiger partial charge in [-0.25, -0.2) is 9.59 Å². The number of carbonyl (C=O) groups is 2. The molecule has 19 heavy (non-hydrogen) atoms. The molecule has 6 nitrogen and oxygen atoms in total. The second-order valence-corrected chi connectivity index (χ2v) is 6.00. The highest BCUT2D eigenvalue weighted by Crippen LogP contribution is 2.23. The van der Waals surface area contributed by atoms with Crippen molar-refractivity contribution in [2.75, 3.05) is 13.1 Å². The number of carboxylic acid groups (broad SMARTS) is 1. The smallest absolute Gasteiger partial charge is 0.410 e. The fourth-order valence-electron chi connectivity index (χ4n) is 2.09. The average molecular weight is 273 g/mol. The number of carboxylic acids is 1. The molecule has 0 bridgehead atoms. The van der Waals surface area contributed by atoms with Crippen molar-refractivity contribution >= 4 is 12.1 Å². The predicted molar refractivity (Wildman–Crippen MR) is 68.8 cm³/mol. The van der Waals surface area contributed by atoms with Crippen LogP contribution in [0.25, 0.3) is 0 Å². The van der Waals surface area contributed by atoms with Gasteiger partial charge in [0, 0.05) is 13.1 Å². The minimum absolute atomic E-state index is 0.143. The first-order valence-electron chi connectivity index (χ1n) is 6.58. The Morgan fingerprint density at radius 2 is 1.84 bits per heavy atom. The largest absolute Gasteiger partial charge is 0.479 e. The molecule has 1 unspecified atom stereocenters. The zero-order valence-electron chi connectivity index (χ0n) is 11.8. The van der Waals surface area contributed by atoms with Crippen LogP contribution >= 0.6 is 0 Å². The zero-order valence-corrected chi connectivity index (χ0v) is 11.8. The molecule has 0 aromatic heterocycles. The zero-order chi connectivity index (χ0) is 14.6. The van der Waals surface area contributed by atoms with Gasteiger partial charge in [-0.2, -0.15) is 0 Å². The monoisotopic (exact) mass is 273 g/mol. The van der Waals surface area contributed by atoms with Crippen LogP contribution in [0.3, 0.4) is 0 Å². The fraction of sp³-hybridized carbons (Fsp3) is 0.846. The van der Waals surface area contributed by atoms with Crippen LogP contribution in [-0.4, -0.2) is 52.0 Å². The van der Waals surface area contributed by atoms with Gasteiger partial charge < -0.3 is 19.8 Å². The van der Waals surface area contributed by atoms with Gasteiger partial charge in [0.25, 0.3) is 0 Å². The molecular weight excluding hydrogens is 250 g/mol. The molecule has 1 rings (SSSR count). The van der Waals surface area contributed by atoms with Crippen LogP contribution in [0, 0.1) is 5.92 Å². The van der Waals surface area contributed by atoms with Gasteiger partial charge in [0.1, 0.15) is 5.60 Å². The highest BCUT2D eigenvalue weighted by atomic mass is 16.6. The number of likely N-dealkylation sites (tertiary alicyclic amines) is 1. The quantitative estimate of drug-likeness (QED) is 0.813. The Hall–Kier alpha value is -1.30. The second kappa shape index (κ2) is 6.23. The highest BCUT2D eigenvalue weighted by Gasteiger charge is 2.28. The van der Waals surface area contributed by atoms with Crippen LogP contribution in [0.1, 0.15) is 40.0 Å². The van der Waals surface area contributed by atoms with E-state index in [1.165, 1.54) is 0 Å². The molecule has 0 aromatic carbocycles. The topological polar surface area (TPSA) is 87.1 Å². The van der Waals surface area contributed by atoms with E-state index in [4.69, 9.17) is 9.84 Å². The summed E-state index contributed by atoms with van der Waals surface area (Å²) in [4.78, 5) is 24.0. The highest BCUT2D eigenvalue weighted by molar-refractivity contribution is 5.71. The first kappa shape index (κ1) is 15.8. The Bertz CT molecular complexity index is 328. The fourth-order valence-corrected chi connectivity index (χ4v) is 2.09. The lowest BCUT2D eigenvalue weighted by molar-refractivity contribution is -0.147. The SMILES string of the molecule is CC(C)(C)OC(=O)N1CCC(CC(O)C(=O)O)CC1. The van der Waals surface area contributed by atoms with E-state index in [0.717, 1.165) is 0 Å². The van der Waals surface area contributed by atoms with Crippen molar-refractivity contribution in [3.8, 4) is 0 Å². The number of hydrogen-bond donors (Lipinski definition) is 2. The molecule has 1 aliphatic heterocycles. The maximum absolute atomic E-state index is 11.8. The van der Waals surface area contributed by atoms with Gasteiger partial charge in [-0.1, -0.05) is 0 Å². The van der Waals surface area contributed by atoms with Crippen molar-refractivity contribution < 1.29 is 24.5 Å². The molecule has 1 fully saturated rings. The normalized spacial score (nSPS) is 19.1. The lowest BCUT2D eigenvalue weighted by Gasteiger charge is -2.33. The first-order valence-corrected chi connectivity index (χ1v) is 6.58. The molecular formula is C13H23NO5. The Morgan fingerprint density at radius 3 is 2.26 bits per heavy atom. The molecule has 110 valence electrons. The minimum Gasteiger partial charge on any atom is -0.479 e. The lowest BCUT2D eigenvalue weighted by Crippen LogP contribution is -2.42. The number of nitrogens with zero attached hydrogens (tertiary/aromatic N) is 1. The predicted octanol–water partition coefficient (Wildman–Crippen LogP) is 1.47. The summed E-state index contributed by atoms with van der Waals surface area (Å²) in [5.74, 6) is -1.04. The molecule has 1 heterocycles. The van der Waals surface area contributed by atoms with E-state index in [-0.39, 0.29) is 18.4 Å². The summed E-state index contributed by atoms with van der Waals surface area (Å²) in [6, 6.07) is 0. The van der Waals surface area contributed by atoms with E-state index >= 15 is 0 Å². The van der Waals surface area contributed by atoms with Gasteiger partial charge in [0.05, 0.1) is 0 Å². The van der Waals surface area contributed by atoms with Crippen LogP contribution < -0.4 is 0 Å². The Labute approximate surface area is 113 Å². The van der Waals surface area contributed by atoms with Crippen LogP contribution in [0.2, 0.25) is 0 Å². The van der Waals surface area contributed by atoms with E-state index < -0.39 is 17.7 Å². The van der Waals surface area contributed by atoms with Crippen molar-refractivity contribution in [2.24, 2.45) is 5.92 Å².